The maximum absolute atomic E-state index is 12.8. The molecule has 0 unspecified atom stereocenters. The number of anilines is 2. The van der Waals surface area contributed by atoms with Crippen molar-refractivity contribution < 1.29 is 22.5 Å². The van der Waals surface area contributed by atoms with Crippen molar-refractivity contribution in [3.63, 3.8) is 0 Å². The van der Waals surface area contributed by atoms with Crippen LogP contribution in [0.5, 0.6) is 5.75 Å². The molecule has 0 aliphatic carbocycles. The van der Waals surface area contributed by atoms with E-state index in [9.17, 15) is 18.5 Å². The molecule has 10 nitrogen and oxygen atoms in total. The van der Waals surface area contributed by atoms with Crippen LogP contribution in [-0.4, -0.2) is 26.2 Å². The lowest BCUT2D eigenvalue weighted by molar-refractivity contribution is -0.384. The van der Waals surface area contributed by atoms with Crippen molar-refractivity contribution in [3.8, 4) is 5.75 Å². The number of ether oxygens (including phenoxy) is 1. The van der Waals surface area contributed by atoms with Crippen LogP contribution in [0.1, 0.15) is 18.4 Å². The van der Waals surface area contributed by atoms with Crippen molar-refractivity contribution in [3.05, 3.63) is 76.2 Å². The van der Waals surface area contributed by atoms with Crippen molar-refractivity contribution in [1.29, 1.82) is 0 Å². The second-order valence-electron chi connectivity index (χ2n) is 6.46. The minimum Gasteiger partial charge on any atom is -0.495 e. The molecule has 0 bridgehead atoms. The minimum absolute atomic E-state index is 0.0314. The topological polar surface area (TPSA) is 136 Å². The van der Waals surface area contributed by atoms with Crippen LogP contribution >= 0.6 is 0 Å². The molecule has 0 saturated carbocycles. The van der Waals surface area contributed by atoms with Gasteiger partial charge in [0, 0.05) is 6.07 Å². The van der Waals surface area contributed by atoms with Gasteiger partial charge in [-0.2, -0.15) is 5.10 Å². The standard InChI is InChI=1S/C20H20N4O6S/c1-13-8-11-19(30-13)14(2)21-22-16-10-9-15(12-18(16)24(25)26)31(27,28)23-17-6-4-5-7-20(17)29-3/h4-12,22-23H,1-3H3/b21-14+. The van der Waals surface area contributed by atoms with Gasteiger partial charge in [-0.15, -0.1) is 0 Å². The Bertz CT molecular complexity index is 1250. The zero-order valence-electron chi connectivity index (χ0n) is 16.9. The molecule has 1 heterocycles. The van der Waals surface area contributed by atoms with Crippen LogP contribution in [0.25, 0.3) is 0 Å². The highest BCUT2D eigenvalue weighted by molar-refractivity contribution is 7.92. The molecule has 3 rings (SSSR count). The summed E-state index contributed by atoms with van der Waals surface area (Å²) in [5.41, 5.74) is 2.86. The number of furan rings is 1. The van der Waals surface area contributed by atoms with E-state index in [1.165, 1.54) is 25.3 Å². The summed E-state index contributed by atoms with van der Waals surface area (Å²) in [5, 5.41) is 15.6. The molecule has 0 spiro atoms. The number of nitro benzene ring substituents is 1. The van der Waals surface area contributed by atoms with Gasteiger partial charge in [-0.25, -0.2) is 8.42 Å². The van der Waals surface area contributed by atoms with Crippen molar-refractivity contribution in [2.45, 2.75) is 18.7 Å². The molecule has 0 radical (unpaired) electrons. The molecular formula is C20H20N4O6S. The Kier molecular flexibility index (Phi) is 6.25. The lowest BCUT2D eigenvalue weighted by Crippen LogP contribution is -2.14. The molecule has 0 aliphatic rings. The fourth-order valence-electron chi connectivity index (χ4n) is 2.69. The Morgan fingerprint density at radius 3 is 2.52 bits per heavy atom. The van der Waals surface area contributed by atoms with Gasteiger partial charge in [0.2, 0.25) is 0 Å². The number of hydrogen-bond acceptors (Lipinski definition) is 8. The summed E-state index contributed by atoms with van der Waals surface area (Å²) in [6.45, 7) is 3.46. The maximum Gasteiger partial charge on any atom is 0.295 e. The molecule has 0 atom stereocenters. The van der Waals surface area contributed by atoms with Crippen LogP contribution in [0.2, 0.25) is 0 Å². The van der Waals surface area contributed by atoms with Gasteiger partial charge in [-0.3, -0.25) is 20.3 Å². The molecule has 31 heavy (non-hydrogen) atoms. The molecule has 162 valence electrons. The van der Waals surface area contributed by atoms with Gasteiger partial charge in [0.25, 0.3) is 15.7 Å². The quantitative estimate of drug-likeness (QED) is 0.303. The first kappa shape index (κ1) is 21.8. The smallest absolute Gasteiger partial charge is 0.295 e. The third kappa shape index (κ3) is 5.01. The number of nitro groups is 1. The third-order valence-electron chi connectivity index (χ3n) is 4.27. The second-order valence-corrected chi connectivity index (χ2v) is 8.14. The second kappa shape index (κ2) is 8.88. The van der Waals surface area contributed by atoms with E-state index in [0.717, 1.165) is 6.07 Å². The summed E-state index contributed by atoms with van der Waals surface area (Å²) in [4.78, 5) is 10.6. The zero-order valence-corrected chi connectivity index (χ0v) is 17.8. The molecule has 2 N–H and O–H groups in total. The van der Waals surface area contributed by atoms with Crippen molar-refractivity contribution in [2.75, 3.05) is 17.3 Å². The summed E-state index contributed by atoms with van der Waals surface area (Å²) >= 11 is 0. The van der Waals surface area contributed by atoms with Crippen molar-refractivity contribution >= 4 is 32.8 Å². The van der Waals surface area contributed by atoms with Crippen molar-refractivity contribution in [2.24, 2.45) is 5.10 Å². The lowest BCUT2D eigenvalue weighted by atomic mass is 10.3. The molecule has 0 fully saturated rings. The van der Waals surface area contributed by atoms with E-state index < -0.39 is 20.6 Å². The Labute approximate surface area is 178 Å². The highest BCUT2D eigenvalue weighted by Gasteiger charge is 2.22. The largest absolute Gasteiger partial charge is 0.495 e. The number of nitrogens with one attached hydrogen (secondary N) is 2. The fraction of sp³-hybridized carbons (Fsp3) is 0.150. The van der Waals surface area contributed by atoms with Crippen LogP contribution in [0.3, 0.4) is 0 Å². The molecule has 2 aromatic carbocycles. The molecular weight excluding hydrogens is 424 g/mol. The Hall–Kier alpha value is -3.86. The number of aryl methyl sites for hydroxylation is 1. The lowest BCUT2D eigenvalue weighted by Gasteiger charge is -2.12. The Morgan fingerprint density at radius 1 is 1.13 bits per heavy atom. The number of para-hydroxylation sites is 2. The Balaban J connectivity index is 1.90. The van der Waals surface area contributed by atoms with Crippen LogP contribution < -0.4 is 14.9 Å². The van der Waals surface area contributed by atoms with Gasteiger partial charge in [0.15, 0.2) is 0 Å². The number of hydrazone groups is 1. The molecule has 0 saturated heterocycles. The van der Waals surface area contributed by atoms with Gasteiger partial charge >= 0.3 is 0 Å². The summed E-state index contributed by atoms with van der Waals surface area (Å²) < 4.78 is 38.5. The summed E-state index contributed by atoms with van der Waals surface area (Å²) in [5.74, 6) is 1.53. The molecule has 0 aliphatic heterocycles. The summed E-state index contributed by atoms with van der Waals surface area (Å²) in [6.07, 6.45) is 0. The zero-order chi connectivity index (χ0) is 22.6. The Morgan fingerprint density at radius 2 is 1.87 bits per heavy atom. The van der Waals surface area contributed by atoms with Gasteiger partial charge in [-0.1, -0.05) is 12.1 Å². The van der Waals surface area contributed by atoms with E-state index in [0.29, 0.717) is 23.0 Å². The normalized spacial score (nSPS) is 11.8. The first-order chi connectivity index (χ1) is 14.7. The van der Waals surface area contributed by atoms with E-state index in [1.807, 2.05) is 0 Å². The van der Waals surface area contributed by atoms with Crippen LogP contribution in [0, 0.1) is 17.0 Å². The number of benzene rings is 2. The van der Waals surface area contributed by atoms with Crippen LogP contribution in [0.15, 0.2) is 69.0 Å². The average Bonchev–Trinajstić information content (AvgIpc) is 3.18. The third-order valence-corrected chi connectivity index (χ3v) is 5.63. The SMILES string of the molecule is COc1ccccc1NS(=O)(=O)c1ccc(N/N=C(\C)c2ccc(C)o2)c([N+](=O)[O-])c1. The summed E-state index contributed by atoms with van der Waals surface area (Å²) in [6, 6.07) is 13.4. The average molecular weight is 444 g/mol. The van der Waals surface area contributed by atoms with Crippen molar-refractivity contribution in [1.82, 2.24) is 0 Å². The predicted octanol–water partition coefficient (Wildman–Crippen LogP) is 4.14. The van der Waals surface area contributed by atoms with E-state index >= 15 is 0 Å². The molecule has 1 aromatic heterocycles. The van der Waals surface area contributed by atoms with E-state index in [1.54, 1.807) is 44.2 Å². The number of sulfonamides is 1. The molecule has 0 amide bonds. The predicted molar refractivity (Wildman–Crippen MR) is 116 cm³/mol. The molecule has 11 heteroatoms. The van der Waals surface area contributed by atoms with Gasteiger partial charge in [-0.05, 0) is 50.2 Å². The van der Waals surface area contributed by atoms with E-state index in [4.69, 9.17) is 9.15 Å². The molecule has 3 aromatic rings. The summed E-state index contributed by atoms with van der Waals surface area (Å²) in [7, 11) is -2.70. The van der Waals surface area contributed by atoms with Crippen LogP contribution in [-0.2, 0) is 10.0 Å². The number of hydrogen-bond donors (Lipinski definition) is 2. The monoisotopic (exact) mass is 444 g/mol. The highest BCUT2D eigenvalue weighted by atomic mass is 32.2. The number of methoxy groups -OCH3 is 1. The van der Waals surface area contributed by atoms with Crippen LogP contribution in [0.4, 0.5) is 17.1 Å². The number of nitrogens with zero attached hydrogens (tertiary/aromatic N) is 2. The highest BCUT2D eigenvalue weighted by Crippen LogP contribution is 2.30. The maximum atomic E-state index is 12.8. The first-order valence-corrected chi connectivity index (χ1v) is 10.5. The van der Waals surface area contributed by atoms with E-state index in [2.05, 4.69) is 15.2 Å². The van der Waals surface area contributed by atoms with Gasteiger partial charge in [0.1, 0.15) is 28.7 Å². The first-order valence-electron chi connectivity index (χ1n) is 9.02. The van der Waals surface area contributed by atoms with Gasteiger partial charge < -0.3 is 9.15 Å². The van der Waals surface area contributed by atoms with Gasteiger partial charge in [0.05, 0.1) is 22.6 Å². The van der Waals surface area contributed by atoms with E-state index in [-0.39, 0.29) is 16.3 Å². The number of rotatable bonds is 8. The minimum atomic E-state index is -4.10. The fourth-order valence-corrected chi connectivity index (χ4v) is 3.77.